The number of carbonyl (C=O) groups excluding carboxylic acids is 1. The van der Waals surface area contributed by atoms with E-state index in [2.05, 4.69) is 26.0 Å². The lowest BCUT2D eigenvalue weighted by Crippen LogP contribution is -2.24. The van der Waals surface area contributed by atoms with E-state index in [0.717, 1.165) is 12.2 Å². The quantitative estimate of drug-likeness (QED) is 0.733. The zero-order valence-electron chi connectivity index (χ0n) is 9.77. The summed E-state index contributed by atoms with van der Waals surface area (Å²) in [6.07, 6.45) is 2.83. The molecule has 84 valence electrons. The fourth-order valence-corrected chi connectivity index (χ4v) is 4.66. The van der Waals surface area contributed by atoms with Crippen LogP contribution in [0, 0.1) is 0 Å². The Morgan fingerprint density at radius 2 is 1.88 bits per heavy atom. The van der Waals surface area contributed by atoms with Gasteiger partial charge in [0.1, 0.15) is 5.75 Å². The lowest BCUT2D eigenvalue weighted by molar-refractivity contribution is -0.114. The summed E-state index contributed by atoms with van der Waals surface area (Å²) < 4.78 is 0. The normalized spacial score (nSPS) is 24.6. The summed E-state index contributed by atoms with van der Waals surface area (Å²) in [4.78, 5) is 13.2. The maximum atomic E-state index is 11.9. The lowest BCUT2D eigenvalue weighted by Gasteiger charge is -2.09. The first-order valence-electron chi connectivity index (χ1n) is 5.78. The van der Waals surface area contributed by atoms with E-state index < -0.39 is 0 Å². The minimum atomic E-state index is 0.121. The Kier molecular flexibility index (Phi) is 3.49. The number of hydrogen-bond acceptors (Lipinski definition) is 1. The third kappa shape index (κ3) is 1.94. The highest BCUT2D eigenvalue weighted by atomic mass is 32.2. The molecule has 1 heterocycles. The number of hydrogen-bond donors (Lipinski definition) is 0. The number of benzene rings is 1. The van der Waals surface area contributed by atoms with E-state index >= 15 is 0 Å². The molecule has 0 spiro atoms. The molecule has 1 aliphatic heterocycles. The maximum Gasteiger partial charge on any atom is 0.213 e. The molecule has 2 rings (SSSR count). The van der Waals surface area contributed by atoms with Crippen molar-refractivity contribution in [3.8, 4) is 0 Å². The third-order valence-electron chi connectivity index (χ3n) is 2.96. The van der Waals surface area contributed by atoms with Gasteiger partial charge in [-0.15, -0.1) is 0 Å². The van der Waals surface area contributed by atoms with E-state index in [9.17, 15) is 4.79 Å². The Morgan fingerprint density at radius 3 is 2.44 bits per heavy atom. The topological polar surface area (TPSA) is 17.1 Å². The van der Waals surface area contributed by atoms with Crippen LogP contribution in [0.1, 0.15) is 25.8 Å². The minimum Gasteiger partial charge on any atom is -0.289 e. The van der Waals surface area contributed by atoms with Gasteiger partial charge in [-0.05, 0) is 19.1 Å². The molecule has 0 aromatic heterocycles. The van der Waals surface area contributed by atoms with Crippen LogP contribution in [0.2, 0.25) is 0 Å². The summed E-state index contributed by atoms with van der Waals surface area (Å²) in [5.74, 6) is 1.40. The number of carbonyl (C=O) groups is 1. The number of rotatable bonds is 3. The molecule has 1 aromatic carbocycles. The zero-order chi connectivity index (χ0) is 11.5. The largest absolute Gasteiger partial charge is 0.289 e. The van der Waals surface area contributed by atoms with Crippen molar-refractivity contribution in [1.82, 2.24) is 0 Å². The highest BCUT2D eigenvalue weighted by Gasteiger charge is 2.43. The summed E-state index contributed by atoms with van der Waals surface area (Å²) >= 11 is 0. The van der Waals surface area contributed by atoms with Crippen molar-refractivity contribution >= 4 is 21.6 Å². The summed E-state index contributed by atoms with van der Waals surface area (Å²) in [6.45, 7) is 4.29. The first kappa shape index (κ1) is 11.5. The van der Waals surface area contributed by atoms with Gasteiger partial charge < -0.3 is 0 Å². The van der Waals surface area contributed by atoms with Crippen LogP contribution in [-0.2, 0) is 15.7 Å². The van der Waals surface area contributed by atoms with E-state index in [-0.39, 0.29) is 16.1 Å². The highest BCUT2D eigenvalue weighted by molar-refractivity contribution is 8.07. The van der Waals surface area contributed by atoms with Gasteiger partial charge in [-0.2, -0.15) is 0 Å². The van der Waals surface area contributed by atoms with Gasteiger partial charge in [-0.1, -0.05) is 25.1 Å². The first-order chi connectivity index (χ1) is 7.77. The van der Waals surface area contributed by atoms with E-state index in [0.29, 0.717) is 5.78 Å². The fraction of sp³-hybridized carbons (Fsp3) is 0.357. The van der Waals surface area contributed by atoms with Crippen LogP contribution in [0.25, 0.3) is 4.91 Å². The second-order valence-corrected chi connectivity index (χ2v) is 6.34. The average molecular weight is 233 g/mol. The van der Waals surface area contributed by atoms with Crippen LogP contribution >= 0.6 is 0 Å². The van der Waals surface area contributed by atoms with Crippen molar-refractivity contribution < 1.29 is 4.79 Å². The highest BCUT2D eigenvalue weighted by Crippen LogP contribution is 2.34. The molecule has 0 amide bonds. The van der Waals surface area contributed by atoms with Crippen LogP contribution < -0.4 is 0 Å². The van der Waals surface area contributed by atoms with E-state index in [4.69, 9.17) is 0 Å². The maximum absolute atomic E-state index is 11.9. The first-order valence-corrected chi connectivity index (χ1v) is 7.24. The molecule has 16 heavy (non-hydrogen) atoms. The molecule has 0 saturated heterocycles. The monoisotopic (exact) mass is 233 g/mol. The molecule has 2 atom stereocenters. The van der Waals surface area contributed by atoms with Crippen molar-refractivity contribution in [3.63, 3.8) is 0 Å². The van der Waals surface area contributed by atoms with E-state index in [1.165, 1.54) is 10.5 Å². The Bertz CT molecular complexity index is 408. The van der Waals surface area contributed by atoms with Gasteiger partial charge in [-0.25, -0.2) is 0 Å². The van der Waals surface area contributed by atoms with Crippen LogP contribution in [0.5, 0.6) is 0 Å². The summed E-state index contributed by atoms with van der Waals surface area (Å²) in [7, 11) is 0.121. The molecule has 0 fully saturated rings. The standard InChI is InChI=1S/C14H17OS/c1-3-13-12(15)10-14(16(13)4-2)11-8-6-5-7-9-11/h5-10,13H,3-4H2,1-2H3/q+1/t13-,16?/m0/s1. The van der Waals surface area contributed by atoms with Gasteiger partial charge in [0.25, 0.3) is 0 Å². The molecule has 1 aliphatic rings. The number of allylic oxidation sites excluding steroid dienone is 1. The Hall–Kier alpha value is -1.02. The molecular formula is C14H17OS+. The fourth-order valence-electron chi connectivity index (χ4n) is 2.19. The van der Waals surface area contributed by atoms with Crippen LogP contribution in [-0.4, -0.2) is 16.8 Å². The van der Waals surface area contributed by atoms with Crippen molar-refractivity contribution in [2.75, 3.05) is 5.75 Å². The molecule has 0 saturated carbocycles. The average Bonchev–Trinajstić information content (AvgIpc) is 2.66. The van der Waals surface area contributed by atoms with Crippen molar-refractivity contribution in [2.45, 2.75) is 25.5 Å². The molecule has 1 aromatic rings. The Labute approximate surface area is 99.9 Å². The predicted molar refractivity (Wildman–Crippen MR) is 71.4 cm³/mol. The van der Waals surface area contributed by atoms with Crippen molar-refractivity contribution in [1.29, 1.82) is 0 Å². The van der Waals surface area contributed by atoms with Crippen LogP contribution in [0.3, 0.4) is 0 Å². The lowest BCUT2D eigenvalue weighted by atomic mass is 10.1. The smallest absolute Gasteiger partial charge is 0.213 e. The molecule has 0 radical (unpaired) electrons. The molecule has 1 unspecified atom stereocenters. The van der Waals surface area contributed by atoms with Gasteiger partial charge in [0, 0.05) is 29.0 Å². The SMILES string of the molecule is CC[C@H]1C(=O)C=C(c2ccccc2)[S+]1CC. The van der Waals surface area contributed by atoms with Gasteiger partial charge in [0.15, 0.2) is 10.2 Å². The summed E-state index contributed by atoms with van der Waals surface area (Å²) in [5, 5.41) is 0.236. The predicted octanol–water partition coefficient (Wildman–Crippen LogP) is 3.03. The van der Waals surface area contributed by atoms with Gasteiger partial charge in [-0.3, -0.25) is 4.79 Å². The molecule has 1 nitrogen and oxygen atoms in total. The molecule has 0 aliphatic carbocycles. The van der Waals surface area contributed by atoms with E-state index in [1.807, 2.05) is 24.3 Å². The van der Waals surface area contributed by atoms with Crippen molar-refractivity contribution in [3.05, 3.63) is 42.0 Å². The molecule has 2 heteroatoms. The molecular weight excluding hydrogens is 216 g/mol. The Morgan fingerprint density at radius 1 is 1.19 bits per heavy atom. The zero-order valence-corrected chi connectivity index (χ0v) is 10.6. The van der Waals surface area contributed by atoms with Crippen molar-refractivity contribution in [2.24, 2.45) is 0 Å². The Balaban J connectivity index is 2.35. The van der Waals surface area contributed by atoms with Crippen LogP contribution in [0.15, 0.2) is 36.4 Å². The van der Waals surface area contributed by atoms with E-state index in [1.54, 1.807) is 0 Å². The van der Waals surface area contributed by atoms with Gasteiger partial charge in [0.05, 0.1) is 0 Å². The summed E-state index contributed by atoms with van der Waals surface area (Å²) in [5.41, 5.74) is 1.22. The minimum absolute atomic E-state index is 0.121. The summed E-state index contributed by atoms with van der Waals surface area (Å²) in [6, 6.07) is 10.3. The van der Waals surface area contributed by atoms with Gasteiger partial charge in [0.2, 0.25) is 5.78 Å². The van der Waals surface area contributed by atoms with Gasteiger partial charge >= 0.3 is 0 Å². The molecule has 0 N–H and O–H groups in total. The third-order valence-corrected chi connectivity index (χ3v) is 5.75. The molecule has 0 bridgehead atoms. The number of ketones is 1. The second-order valence-electron chi connectivity index (χ2n) is 3.89. The van der Waals surface area contributed by atoms with Crippen LogP contribution in [0.4, 0.5) is 0 Å². The second kappa shape index (κ2) is 4.88.